The molecule has 2 aliphatic rings. The lowest BCUT2D eigenvalue weighted by molar-refractivity contribution is -0.160. The fraction of sp³-hybridized carbons (Fsp3) is 0.636. The summed E-state index contributed by atoms with van der Waals surface area (Å²) < 4.78 is 5.00. The molecule has 1 heterocycles. The van der Waals surface area contributed by atoms with Crippen molar-refractivity contribution in [1.29, 1.82) is 0 Å². The van der Waals surface area contributed by atoms with Crippen molar-refractivity contribution in [3.05, 3.63) is 12.2 Å². The first-order valence-electron chi connectivity index (χ1n) is 5.04. The van der Waals surface area contributed by atoms with Gasteiger partial charge in [-0.1, -0.05) is 12.2 Å². The standard InChI is InChI=1S/C11H14O3/c1-7(12)9-4-2-3-8-5-6-14-11(13)10(8)9/h2-3,8-10H,4-6H2,1H3/t8-,9+,10-/m0/s1. The van der Waals surface area contributed by atoms with Crippen LogP contribution in [0.15, 0.2) is 12.2 Å². The van der Waals surface area contributed by atoms with Crippen LogP contribution in [0.5, 0.6) is 0 Å². The van der Waals surface area contributed by atoms with Gasteiger partial charge < -0.3 is 4.74 Å². The van der Waals surface area contributed by atoms with Crippen LogP contribution in [0.4, 0.5) is 0 Å². The van der Waals surface area contributed by atoms with Gasteiger partial charge in [0.2, 0.25) is 0 Å². The third-order valence-corrected chi connectivity index (χ3v) is 3.16. The largest absolute Gasteiger partial charge is 0.465 e. The predicted octanol–water partition coefficient (Wildman–Crippen LogP) is 1.33. The molecule has 76 valence electrons. The molecule has 1 fully saturated rings. The third kappa shape index (κ3) is 1.47. The summed E-state index contributed by atoms with van der Waals surface area (Å²) >= 11 is 0. The van der Waals surface area contributed by atoms with E-state index >= 15 is 0 Å². The monoisotopic (exact) mass is 194 g/mol. The molecule has 0 saturated carbocycles. The van der Waals surface area contributed by atoms with Crippen molar-refractivity contribution in [2.75, 3.05) is 6.61 Å². The average molecular weight is 194 g/mol. The minimum absolute atomic E-state index is 0.100. The number of ketones is 1. The zero-order valence-corrected chi connectivity index (χ0v) is 8.23. The van der Waals surface area contributed by atoms with Gasteiger partial charge in [-0.2, -0.15) is 0 Å². The van der Waals surface area contributed by atoms with Crippen molar-refractivity contribution < 1.29 is 14.3 Å². The molecule has 0 aromatic heterocycles. The quantitative estimate of drug-likeness (QED) is 0.467. The Balaban J connectivity index is 2.25. The summed E-state index contributed by atoms with van der Waals surface area (Å²) in [5.74, 6) is -0.239. The Morgan fingerprint density at radius 1 is 1.57 bits per heavy atom. The fourth-order valence-corrected chi connectivity index (χ4v) is 2.39. The second-order valence-corrected chi connectivity index (χ2v) is 4.03. The minimum atomic E-state index is -0.216. The van der Waals surface area contributed by atoms with Crippen molar-refractivity contribution in [2.24, 2.45) is 17.8 Å². The van der Waals surface area contributed by atoms with Gasteiger partial charge in [-0.15, -0.1) is 0 Å². The van der Waals surface area contributed by atoms with Crippen molar-refractivity contribution in [3.8, 4) is 0 Å². The Hall–Kier alpha value is -1.12. The topological polar surface area (TPSA) is 43.4 Å². The highest BCUT2D eigenvalue weighted by atomic mass is 16.5. The van der Waals surface area contributed by atoms with E-state index in [2.05, 4.69) is 6.08 Å². The molecule has 1 saturated heterocycles. The van der Waals surface area contributed by atoms with E-state index in [1.54, 1.807) is 6.92 Å². The van der Waals surface area contributed by atoms with Gasteiger partial charge in [0.15, 0.2) is 0 Å². The fourth-order valence-electron chi connectivity index (χ4n) is 2.39. The van der Waals surface area contributed by atoms with E-state index in [-0.39, 0.29) is 29.5 Å². The lowest BCUT2D eigenvalue weighted by atomic mass is 9.72. The normalized spacial score (nSPS) is 36.1. The van der Waals surface area contributed by atoms with Crippen LogP contribution in [0.1, 0.15) is 19.8 Å². The van der Waals surface area contributed by atoms with Crippen LogP contribution in [-0.2, 0) is 14.3 Å². The Morgan fingerprint density at radius 3 is 3.07 bits per heavy atom. The number of hydrogen-bond donors (Lipinski definition) is 0. The number of allylic oxidation sites excluding steroid dienone is 2. The zero-order chi connectivity index (χ0) is 10.1. The molecule has 3 atom stereocenters. The molecule has 2 rings (SSSR count). The summed E-state index contributed by atoms with van der Waals surface area (Å²) in [6, 6.07) is 0. The molecule has 0 radical (unpaired) electrons. The molecule has 0 aromatic carbocycles. The molecule has 0 aromatic rings. The second kappa shape index (κ2) is 3.56. The summed E-state index contributed by atoms with van der Waals surface area (Å²) in [5.41, 5.74) is 0. The Kier molecular flexibility index (Phi) is 2.40. The maximum Gasteiger partial charge on any atom is 0.310 e. The SMILES string of the molecule is CC(=O)[C@H]1CC=C[C@H]2CCOC(=O)[C@H]12. The third-order valence-electron chi connectivity index (χ3n) is 3.16. The number of carbonyl (C=O) groups excluding carboxylic acids is 2. The number of hydrogen-bond acceptors (Lipinski definition) is 3. The molecular weight excluding hydrogens is 180 g/mol. The number of Topliss-reactive ketones (excluding diaryl/α,β-unsaturated/α-hetero) is 1. The van der Waals surface area contributed by atoms with Gasteiger partial charge in [0.1, 0.15) is 5.78 Å². The Bertz CT molecular complexity index is 293. The van der Waals surface area contributed by atoms with Crippen LogP contribution in [-0.4, -0.2) is 18.4 Å². The highest BCUT2D eigenvalue weighted by Gasteiger charge is 2.41. The first kappa shape index (κ1) is 9.44. The minimum Gasteiger partial charge on any atom is -0.465 e. The average Bonchev–Trinajstić information content (AvgIpc) is 2.17. The van der Waals surface area contributed by atoms with Gasteiger partial charge >= 0.3 is 5.97 Å². The number of rotatable bonds is 1. The number of carbonyl (C=O) groups is 2. The summed E-state index contributed by atoms with van der Waals surface area (Å²) in [7, 11) is 0. The molecule has 0 amide bonds. The van der Waals surface area contributed by atoms with Crippen molar-refractivity contribution in [2.45, 2.75) is 19.8 Å². The molecule has 14 heavy (non-hydrogen) atoms. The van der Waals surface area contributed by atoms with Gasteiger partial charge in [0, 0.05) is 5.92 Å². The molecule has 0 spiro atoms. The molecular formula is C11H14O3. The molecule has 0 bridgehead atoms. The lowest BCUT2D eigenvalue weighted by Crippen LogP contribution is -2.40. The van der Waals surface area contributed by atoms with Crippen LogP contribution >= 0.6 is 0 Å². The summed E-state index contributed by atoms with van der Waals surface area (Å²) in [5, 5.41) is 0. The zero-order valence-electron chi connectivity index (χ0n) is 8.23. The summed E-state index contributed by atoms with van der Waals surface area (Å²) in [6.07, 6.45) is 5.62. The molecule has 0 unspecified atom stereocenters. The Labute approximate surface area is 83.1 Å². The van der Waals surface area contributed by atoms with Crippen molar-refractivity contribution >= 4 is 11.8 Å². The van der Waals surface area contributed by atoms with Crippen LogP contribution < -0.4 is 0 Å². The lowest BCUT2D eigenvalue weighted by Gasteiger charge is -2.35. The smallest absolute Gasteiger partial charge is 0.310 e. The molecule has 0 N–H and O–H groups in total. The van der Waals surface area contributed by atoms with E-state index in [0.717, 1.165) is 6.42 Å². The van der Waals surface area contributed by atoms with E-state index in [0.29, 0.717) is 13.0 Å². The van der Waals surface area contributed by atoms with Gasteiger partial charge in [0.05, 0.1) is 12.5 Å². The summed E-state index contributed by atoms with van der Waals surface area (Å²) in [6.45, 7) is 2.05. The molecule has 1 aliphatic heterocycles. The first-order valence-corrected chi connectivity index (χ1v) is 5.04. The van der Waals surface area contributed by atoms with E-state index in [4.69, 9.17) is 4.74 Å². The maximum atomic E-state index is 11.5. The van der Waals surface area contributed by atoms with E-state index in [1.807, 2.05) is 6.08 Å². The maximum absolute atomic E-state index is 11.5. The van der Waals surface area contributed by atoms with Crippen LogP contribution in [0.2, 0.25) is 0 Å². The Morgan fingerprint density at radius 2 is 2.36 bits per heavy atom. The molecule has 3 nitrogen and oxygen atoms in total. The second-order valence-electron chi connectivity index (χ2n) is 4.03. The highest BCUT2D eigenvalue weighted by Crippen LogP contribution is 2.36. The van der Waals surface area contributed by atoms with Gasteiger partial charge in [-0.05, 0) is 25.7 Å². The highest BCUT2D eigenvalue weighted by molar-refractivity contribution is 5.86. The van der Waals surface area contributed by atoms with Gasteiger partial charge in [-0.25, -0.2) is 0 Å². The molecule has 1 aliphatic carbocycles. The number of cyclic esters (lactones) is 1. The van der Waals surface area contributed by atoms with E-state index in [9.17, 15) is 9.59 Å². The first-order chi connectivity index (χ1) is 6.70. The van der Waals surface area contributed by atoms with E-state index < -0.39 is 0 Å². The number of esters is 1. The van der Waals surface area contributed by atoms with Crippen LogP contribution in [0.25, 0.3) is 0 Å². The number of fused-ring (bicyclic) bond motifs is 1. The molecule has 3 heteroatoms. The van der Waals surface area contributed by atoms with Gasteiger partial charge in [0.25, 0.3) is 0 Å². The van der Waals surface area contributed by atoms with E-state index in [1.165, 1.54) is 0 Å². The van der Waals surface area contributed by atoms with Crippen molar-refractivity contribution in [3.63, 3.8) is 0 Å². The predicted molar refractivity (Wildman–Crippen MR) is 50.5 cm³/mol. The van der Waals surface area contributed by atoms with Crippen LogP contribution in [0.3, 0.4) is 0 Å². The van der Waals surface area contributed by atoms with Gasteiger partial charge in [-0.3, -0.25) is 9.59 Å². The van der Waals surface area contributed by atoms with Crippen LogP contribution in [0, 0.1) is 17.8 Å². The summed E-state index contributed by atoms with van der Waals surface area (Å²) in [4.78, 5) is 22.9. The van der Waals surface area contributed by atoms with Crippen molar-refractivity contribution in [1.82, 2.24) is 0 Å². The number of ether oxygens (including phenoxy) is 1.